The van der Waals surface area contributed by atoms with Gasteiger partial charge in [-0.25, -0.2) is 9.48 Å². The second-order valence-corrected chi connectivity index (χ2v) is 5.81. The van der Waals surface area contributed by atoms with Crippen molar-refractivity contribution in [2.75, 3.05) is 13.2 Å². The van der Waals surface area contributed by atoms with Crippen LogP contribution in [0, 0.1) is 11.8 Å². The first-order valence-electron chi connectivity index (χ1n) is 7.15. The van der Waals surface area contributed by atoms with Crippen LogP contribution < -0.4 is 0 Å². The molecule has 0 atom stereocenters. The molecule has 0 aromatic carbocycles. The highest BCUT2D eigenvalue weighted by molar-refractivity contribution is 5.86. The highest BCUT2D eigenvalue weighted by Gasteiger charge is 2.19. The molecule has 0 amide bonds. The first-order valence-corrected chi connectivity index (χ1v) is 7.15. The van der Waals surface area contributed by atoms with Gasteiger partial charge < -0.3 is 9.84 Å². The third-order valence-corrected chi connectivity index (χ3v) is 2.93. The largest absolute Gasteiger partial charge is 0.476 e. The van der Waals surface area contributed by atoms with Crippen LogP contribution in [0.15, 0.2) is 0 Å². The Morgan fingerprint density at radius 1 is 1.25 bits per heavy atom. The molecule has 0 saturated heterocycles. The van der Waals surface area contributed by atoms with E-state index >= 15 is 0 Å². The number of aromatic nitrogens is 3. The number of carboxylic acids is 1. The lowest BCUT2D eigenvalue weighted by Crippen LogP contribution is -2.14. The Balaban J connectivity index is 2.58. The van der Waals surface area contributed by atoms with E-state index in [4.69, 9.17) is 9.84 Å². The molecule has 1 heterocycles. The van der Waals surface area contributed by atoms with Crippen LogP contribution in [-0.4, -0.2) is 39.3 Å². The highest BCUT2D eigenvalue weighted by atomic mass is 16.5. The topological polar surface area (TPSA) is 77.2 Å². The quantitative estimate of drug-likeness (QED) is 0.703. The average molecular weight is 283 g/mol. The Kier molecular flexibility index (Phi) is 6.64. The SMILES string of the molecule is CC(C)CCOCCn1nnc(C(=O)O)c1CC(C)C. The Bertz CT molecular complexity index is 427. The molecule has 0 aliphatic carbocycles. The van der Waals surface area contributed by atoms with Crippen LogP contribution in [-0.2, 0) is 17.7 Å². The van der Waals surface area contributed by atoms with Crippen molar-refractivity contribution < 1.29 is 14.6 Å². The maximum atomic E-state index is 11.1. The second-order valence-electron chi connectivity index (χ2n) is 5.81. The first-order chi connectivity index (χ1) is 9.41. The minimum Gasteiger partial charge on any atom is -0.476 e. The van der Waals surface area contributed by atoms with Crippen LogP contribution in [0.5, 0.6) is 0 Å². The van der Waals surface area contributed by atoms with E-state index in [9.17, 15) is 4.79 Å². The van der Waals surface area contributed by atoms with E-state index in [0.29, 0.717) is 37.1 Å². The number of carbonyl (C=O) groups is 1. The minimum absolute atomic E-state index is 0.0564. The van der Waals surface area contributed by atoms with E-state index in [1.165, 1.54) is 0 Å². The van der Waals surface area contributed by atoms with Crippen LogP contribution in [0.25, 0.3) is 0 Å². The zero-order valence-electron chi connectivity index (χ0n) is 12.8. The van der Waals surface area contributed by atoms with Gasteiger partial charge in [-0.15, -0.1) is 5.10 Å². The van der Waals surface area contributed by atoms with Crippen molar-refractivity contribution in [3.63, 3.8) is 0 Å². The van der Waals surface area contributed by atoms with Gasteiger partial charge in [0.1, 0.15) is 0 Å². The summed E-state index contributed by atoms with van der Waals surface area (Å²) < 4.78 is 7.19. The number of rotatable bonds is 9. The van der Waals surface area contributed by atoms with E-state index in [2.05, 4.69) is 24.2 Å². The van der Waals surface area contributed by atoms with Gasteiger partial charge in [-0.1, -0.05) is 32.9 Å². The van der Waals surface area contributed by atoms with Crippen LogP contribution >= 0.6 is 0 Å². The molecule has 6 heteroatoms. The predicted molar refractivity (Wildman–Crippen MR) is 75.8 cm³/mol. The van der Waals surface area contributed by atoms with Gasteiger partial charge in [0.2, 0.25) is 0 Å². The van der Waals surface area contributed by atoms with Gasteiger partial charge in [0.15, 0.2) is 5.69 Å². The molecular weight excluding hydrogens is 258 g/mol. The molecule has 0 fully saturated rings. The van der Waals surface area contributed by atoms with Crippen molar-refractivity contribution in [2.24, 2.45) is 11.8 Å². The number of aromatic carboxylic acids is 1. The Morgan fingerprint density at radius 2 is 1.95 bits per heavy atom. The summed E-state index contributed by atoms with van der Waals surface area (Å²) in [7, 11) is 0. The van der Waals surface area contributed by atoms with E-state index in [0.717, 1.165) is 13.0 Å². The molecule has 0 bridgehead atoms. The minimum atomic E-state index is -1.02. The van der Waals surface area contributed by atoms with Crippen molar-refractivity contribution in [2.45, 2.75) is 47.1 Å². The van der Waals surface area contributed by atoms with Crippen LogP contribution in [0.4, 0.5) is 0 Å². The van der Waals surface area contributed by atoms with E-state index in [-0.39, 0.29) is 5.69 Å². The lowest BCUT2D eigenvalue weighted by molar-refractivity contribution is 0.0688. The number of carboxylic acid groups (broad SMARTS) is 1. The third-order valence-electron chi connectivity index (χ3n) is 2.93. The number of hydrogen-bond acceptors (Lipinski definition) is 4. The van der Waals surface area contributed by atoms with Crippen molar-refractivity contribution in [1.29, 1.82) is 0 Å². The lowest BCUT2D eigenvalue weighted by atomic mass is 10.1. The monoisotopic (exact) mass is 283 g/mol. The van der Waals surface area contributed by atoms with Crippen molar-refractivity contribution in [1.82, 2.24) is 15.0 Å². The van der Waals surface area contributed by atoms with Gasteiger partial charge in [-0.3, -0.25) is 0 Å². The molecule has 0 aliphatic heterocycles. The van der Waals surface area contributed by atoms with Crippen LogP contribution in [0.3, 0.4) is 0 Å². The van der Waals surface area contributed by atoms with E-state index in [1.807, 2.05) is 13.8 Å². The summed E-state index contributed by atoms with van der Waals surface area (Å²) in [5.41, 5.74) is 0.737. The Labute approximate surface area is 120 Å². The van der Waals surface area contributed by atoms with Crippen molar-refractivity contribution in [3.05, 3.63) is 11.4 Å². The fourth-order valence-corrected chi connectivity index (χ4v) is 1.84. The molecule has 114 valence electrons. The number of hydrogen-bond donors (Lipinski definition) is 1. The van der Waals surface area contributed by atoms with Crippen molar-refractivity contribution in [3.8, 4) is 0 Å². The average Bonchev–Trinajstić information content (AvgIpc) is 2.71. The number of nitrogens with zero attached hydrogens (tertiary/aromatic N) is 3. The van der Waals surface area contributed by atoms with E-state index < -0.39 is 5.97 Å². The molecule has 20 heavy (non-hydrogen) atoms. The van der Waals surface area contributed by atoms with Gasteiger partial charge in [0.25, 0.3) is 0 Å². The maximum Gasteiger partial charge on any atom is 0.358 e. The molecule has 0 spiro atoms. The number of ether oxygens (including phenoxy) is 1. The van der Waals surface area contributed by atoms with E-state index in [1.54, 1.807) is 4.68 Å². The fraction of sp³-hybridized carbons (Fsp3) is 0.786. The fourth-order valence-electron chi connectivity index (χ4n) is 1.84. The van der Waals surface area contributed by atoms with Gasteiger partial charge in [-0.05, 0) is 24.7 Å². The van der Waals surface area contributed by atoms with Crippen LogP contribution in [0.1, 0.15) is 50.3 Å². The third kappa shape index (κ3) is 5.28. The Hall–Kier alpha value is -1.43. The molecular formula is C14H25N3O3. The molecule has 1 rings (SSSR count). The summed E-state index contributed by atoms with van der Waals surface area (Å²) in [5.74, 6) is -0.0451. The summed E-state index contributed by atoms with van der Waals surface area (Å²) in [6.07, 6.45) is 1.68. The predicted octanol–water partition coefficient (Wildman–Crippen LogP) is 2.24. The standard InChI is InChI=1S/C14H25N3O3/c1-10(2)5-7-20-8-6-17-12(9-11(3)4)13(14(18)19)15-16-17/h10-11H,5-9H2,1-4H3,(H,18,19). The van der Waals surface area contributed by atoms with Crippen molar-refractivity contribution >= 4 is 5.97 Å². The van der Waals surface area contributed by atoms with Crippen LogP contribution in [0.2, 0.25) is 0 Å². The molecule has 6 nitrogen and oxygen atoms in total. The molecule has 0 unspecified atom stereocenters. The summed E-state index contributed by atoms with van der Waals surface area (Å²) in [5, 5.41) is 16.8. The zero-order chi connectivity index (χ0) is 15.1. The molecule has 1 aromatic rings. The van der Waals surface area contributed by atoms with Gasteiger partial charge >= 0.3 is 5.97 Å². The summed E-state index contributed by atoms with van der Waals surface area (Å²) in [4.78, 5) is 11.1. The summed E-state index contributed by atoms with van der Waals surface area (Å²) in [6.45, 7) is 10.2. The molecule has 0 radical (unpaired) electrons. The molecule has 1 aromatic heterocycles. The van der Waals surface area contributed by atoms with Gasteiger partial charge in [0.05, 0.1) is 18.8 Å². The second kappa shape index (κ2) is 7.99. The lowest BCUT2D eigenvalue weighted by Gasteiger charge is -2.10. The first kappa shape index (κ1) is 16.6. The van der Waals surface area contributed by atoms with Gasteiger partial charge in [-0.2, -0.15) is 0 Å². The normalized spacial score (nSPS) is 11.5. The highest BCUT2D eigenvalue weighted by Crippen LogP contribution is 2.12. The molecule has 0 aliphatic rings. The maximum absolute atomic E-state index is 11.1. The zero-order valence-corrected chi connectivity index (χ0v) is 12.8. The molecule has 0 saturated carbocycles. The summed E-state index contributed by atoms with van der Waals surface area (Å²) in [6, 6.07) is 0. The molecule has 1 N–H and O–H groups in total. The van der Waals surface area contributed by atoms with Gasteiger partial charge in [0, 0.05) is 6.61 Å². The Morgan fingerprint density at radius 3 is 2.50 bits per heavy atom. The smallest absolute Gasteiger partial charge is 0.358 e. The summed E-state index contributed by atoms with van der Waals surface area (Å²) >= 11 is 0.